The van der Waals surface area contributed by atoms with Gasteiger partial charge in [-0.3, -0.25) is 9.89 Å². The summed E-state index contributed by atoms with van der Waals surface area (Å²) in [5.74, 6) is 0.708. The molecule has 0 bridgehead atoms. The number of anilines is 1. The third-order valence-electron chi connectivity index (χ3n) is 6.45. The van der Waals surface area contributed by atoms with E-state index in [4.69, 9.17) is 4.74 Å². The van der Waals surface area contributed by atoms with Crippen LogP contribution in [0.4, 0.5) is 10.6 Å². The average molecular weight is 425 g/mol. The SMILES string of the molecule is CC(C)(C)C(=O)Nc1cc(C2CC(OC(=O)NC3(c4ccccc4)CCCC3)C2)[nH]n1. The first kappa shape index (κ1) is 21.4. The van der Waals surface area contributed by atoms with Crippen molar-refractivity contribution in [3.8, 4) is 0 Å². The fourth-order valence-electron chi connectivity index (χ4n) is 4.43. The second-order valence-corrected chi connectivity index (χ2v) is 9.89. The van der Waals surface area contributed by atoms with Gasteiger partial charge in [-0.25, -0.2) is 4.79 Å². The van der Waals surface area contributed by atoms with E-state index in [0.717, 1.165) is 49.8 Å². The van der Waals surface area contributed by atoms with Gasteiger partial charge in [0.2, 0.25) is 5.91 Å². The van der Waals surface area contributed by atoms with Gasteiger partial charge in [-0.15, -0.1) is 0 Å². The fraction of sp³-hybridized carbons (Fsp3) is 0.542. The van der Waals surface area contributed by atoms with Crippen LogP contribution in [0.3, 0.4) is 0 Å². The predicted octanol–water partition coefficient (Wildman–Crippen LogP) is 4.84. The number of rotatable bonds is 5. The summed E-state index contributed by atoms with van der Waals surface area (Å²) in [6, 6.07) is 12.1. The number of alkyl carbamates (subject to hydrolysis) is 1. The van der Waals surface area contributed by atoms with E-state index in [1.807, 2.05) is 45.0 Å². The van der Waals surface area contributed by atoms with Crippen LogP contribution in [-0.2, 0) is 15.1 Å². The zero-order chi connectivity index (χ0) is 22.1. The number of amides is 2. The normalized spacial score (nSPS) is 22.4. The topological polar surface area (TPSA) is 96.1 Å². The Bertz CT molecular complexity index is 920. The lowest BCUT2D eigenvalue weighted by Crippen LogP contribution is -2.46. The maximum Gasteiger partial charge on any atom is 0.408 e. The molecule has 2 saturated carbocycles. The summed E-state index contributed by atoms with van der Waals surface area (Å²) >= 11 is 0. The van der Waals surface area contributed by atoms with Crippen LogP contribution in [0.25, 0.3) is 0 Å². The monoisotopic (exact) mass is 424 g/mol. The summed E-state index contributed by atoms with van der Waals surface area (Å²) in [7, 11) is 0. The van der Waals surface area contributed by atoms with Gasteiger partial charge in [0.15, 0.2) is 5.82 Å². The molecule has 0 atom stereocenters. The van der Waals surface area contributed by atoms with Gasteiger partial charge in [0.05, 0.1) is 5.54 Å². The molecule has 1 aromatic carbocycles. The van der Waals surface area contributed by atoms with E-state index in [1.54, 1.807) is 0 Å². The third-order valence-corrected chi connectivity index (χ3v) is 6.45. The van der Waals surface area contributed by atoms with Crippen molar-refractivity contribution >= 4 is 17.8 Å². The highest BCUT2D eigenvalue weighted by Gasteiger charge is 2.40. The number of hydrogen-bond acceptors (Lipinski definition) is 4. The number of nitrogens with one attached hydrogen (secondary N) is 3. The molecule has 3 N–H and O–H groups in total. The molecular weight excluding hydrogens is 392 g/mol. The first-order chi connectivity index (χ1) is 14.7. The van der Waals surface area contributed by atoms with Gasteiger partial charge in [0.1, 0.15) is 6.10 Å². The van der Waals surface area contributed by atoms with Crippen molar-refractivity contribution in [1.29, 1.82) is 0 Å². The highest BCUT2D eigenvalue weighted by Crippen LogP contribution is 2.41. The Labute approximate surface area is 183 Å². The Morgan fingerprint density at radius 2 is 1.81 bits per heavy atom. The molecule has 31 heavy (non-hydrogen) atoms. The molecule has 0 aliphatic heterocycles. The minimum Gasteiger partial charge on any atom is -0.446 e. The van der Waals surface area contributed by atoms with Gasteiger partial charge in [0.25, 0.3) is 0 Å². The van der Waals surface area contributed by atoms with Crippen LogP contribution in [-0.4, -0.2) is 28.3 Å². The number of ether oxygens (including phenoxy) is 1. The van der Waals surface area contributed by atoms with Crippen molar-refractivity contribution in [2.24, 2.45) is 5.41 Å². The van der Waals surface area contributed by atoms with Crippen molar-refractivity contribution in [2.45, 2.75) is 76.9 Å². The molecule has 2 fully saturated rings. The first-order valence-corrected chi connectivity index (χ1v) is 11.2. The molecule has 7 heteroatoms. The molecule has 4 rings (SSSR count). The Hall–Kier alpha value is -2.83. The van der Waals surface area contributed by atoms with Crippen molar-refractivity contribution in [1.82, 2.24) is 15.5 Å². The number of H-pyrrole nitrogens is 1. The van der Waals surface area contributed by atoms with E-state index in [2.05, 4.69) is 33.0 Å². The molecule has 2 amide bonds. The van der Waals surface area contributed by atoms with Gasteiger partial charge in [0, 0.05) is 23.1 Å². The Morgan fingerprint density at radius 3 is 2.45 bits per heavy atom. The summed E-state index contributed by atoms with van der Waals surface area (Å²) < 4.78 is 5.71. The van der Waals surface area contributed by atoms with Crippen LogP contribution in [0.15, 0.2) is 36.4 Å². The lowest BCUT2D eigenvalue weighted by Gasteiger charge is -2.36. The lowest BCUT2D eigenvalue weighted by molar-refractivity contribution is -0.123. The minimum atomic E-state index is -0.474. The zero-order valence-electron chi connectivity index (χ0n) is 18.5. The first-order valence-electron chi connectivity index (χ1n) is 11.2. The average Bonchev–Trinajstić information content (AvgIpc) is 3.35. The summed E-state index contributed by atoms with van der Waals surface area (Å²) in [5, 5.41) is 13.2. The quantitative estimate of drug-likeness (QED) is 0.640. The van der Waals surface area contributed by atoms with Gasteiger partial charge < -0.3 is 15.4 Å². The molecule has 166 valence electrons. The summed E-state index contributed by atoms with van der Waals surface area (Å²) in [6.07, 6.45) is 5.16. The molecule has 1 aromatic heterocycles. The van der Waals surface area contributed by atoms with E-state index in [1.165, 1.54) is 0 Å². The number of carbonyl (C=O) groups excluding carboxylic acids is 2. The Morgan fingerprint density at radius 1 is 1.13 bits per heavy atom. The van der Waals surface area contributed by atoms with Gasteiger partial charge in [-0.1, -0.05) is 63.9 Å². The van der Waals surface area contributed by atoms with Crippen LogP contribution in [0.5, 0.6) is 0 Å². The second-order valence-electron chi connectivity index (χ2n) is 9.89. The van der Waals surface area contributed by atoms with Crippen molar-refractivity contribution in [3.05, 3.63) is 47.7 Å². The number of hydrogen-bond donors (Lipinski definition) is 3. The fourth-order valence-corrected chi connectivity index (χ4v) is 4.43. The predicted molar refractivity (Wildman–Crippen MR) is 119 cm³/mol. The number of benzene rings is 1. The lowest BCUT2D eigenvalue weighted by atomic mass is 9.80. The van der Waals surface area contributed by atoms with Crippen LogP contribution < -0.4 is 10.6 Å². The van der Waals surface area contributed by atoms with Crippen LogP contribution in [0.1, 0.15) is 76.5 Å². The molecule has 1 heterocycles. The van der Waals surface area contributed by atoms with Crippen molar-refractivity contribution < 1.29 is 14.3 Å². The van der Waals surface area contributed by atoms with E-state index < -0.39 is 5.41 Å². The van der Waals surface area contributed by atoms with E-state index in [0.29, 0.717) is 5.82 Å². The molecule has 2 aliphatic rings. The summed E-state index contributed by atoms with van der Waals surface area (Å²) in [5.41, 5.74) is 1.32. The van der Waals surface area contributed by atoms with E-state index in [9.17, 15) is 9.59 Å². The molecular formula is C24H32N4O3. The maximum absolute atomic E-state index is 12.6. The van der Waals surface area contributed by atoms with Crippen LogP contribution in [0, 0.1) is 5.41 Å². The number of nitrogens with zero attached hydrogens (tertiary/aromatic N) is 1. The van der Waals surface area contributed by atoms with Crippen molar-refractivity contribution in [3.63, 3.8) is 0 Å². The molecule has 0 radical (unpaired) electrons. The Balaban J connectivity index is 1.28. The van der Waals surface area contributed by atoms with Gasteiger partial charge >= 0.3 is 6.09 Å². The molecule has 0 saturated heterocycles. The molecule has 0 unspecified atom stereocenters. The highest BCUT2D eigenvalue weighted by atomic mass is 16.6. The standard InChI is InChI=1S/C24H32N4O3/c1-23(2,3)21(29)25-20-15-19(27-28-20)16-13-18(14-16)31-22(30)26-24(11-7-8-12-24)17-9-5-4-6-10-17/h4-6,9-10,15-16,18H,7-8,11-14H2,1-3H3,(H,26,30)(H2,25,27,28,29). The van der Waals surface area contributed by atoms with Crippen LogP contribution >= 0.6 is 0 Å². The zero-order valence-corrected chi connectivity index (χ0v) is 18.5. The van der Waals surface area contributed by atoms with Crippen molar-refractivity contribution in [2.75, 3.05) is 5.32 Å². The minimum absolute atomic E-state index is 0.0729. The second kappa shape index (κ2) is 8.36. The molecule has 7 nitrogen and oxygen atoms in total. The highest BCUT2D eigenvalue weighted by molar-refractivity contribution is 5.93. The molecule has 2 aromatic rings. The van der Waals surface area contributed by atoms with Crippen LogP contribution in [0.2, 0.25) is 0 Å². The van der Waals surface area contributed by atoms with Gasteiger partial charge in [-0.05, 0) is 31.2 Å². The summed E-state index contributed by atoms with van der Waals surface area (Å²) in [6.45, 7) is 5.59. The van der Waals surface area contributed by atoms with Gasteiger partial charge in [-0.2, -0.15) is 5.10 Å². The summed E-state index contributed by atoms with van der Waals surface area (Å²) in [4.78, 5) is 24.8. The van der Waals surface area contributed by atoms with E-state index >= 15 is 0 Å². The smallest absolute Gasteiger partial charge is 0.408 e. The number of aromatic amines is 1. The Kier molecular flexibility index (Phi) is 5.77. The molecule has 2 aliphatic carbocycles. The number of carbonyl (C=O) groups is 2. The molecule has 0 spiro atoms. The third kappa shape index (κ3) is 4.75. The van der Waals surface area contributed by atoms with E-state index in [-0.39, 0.29) is 29.6 Å². The largest absolute Gasteiger partial charge is 0.446 e. The number of aromatic nitrogens is 2. The maximum atomic E-state index is 12.6.